The van der Waals surface area contributed by atoms with Gasteiger partial charge in [-0.05, 0) is 52.9 Å². The van der Waals surface area contributed by atoms with Crippen molar-refractivity contribution in [1.82, 2.24) is 5.32 Å². The second-order valence-corrected chi connectivity index (χ2v) is 7.65. The number of carbonyl (C=O) groups is 3. The highest BCUT2D eigenvalue weighted by Crippen LogP contribution is 2.09. The summed E-state index contributed by atoms with van der Waals surface area (Å²) < 4.78 is 15.2. The molecule has 0 aromatic heterocycles. The molecule has 33 heavy (non-hydrogen) atoms. The van der Waals surface area contributed by atoms with Crippen LogP contribution >= 0.6 is 0 Å². The molecule has 1 unspecified atom stereocenters. The Labute approximate surface area is 190 Å². The Morgan fingerprint density at radius 3 is 1.82 bits per heavy atom. The third-order valence-corrected chi connectivity index (χ3v) is 3.59. The van der Waals surface area contributed by atoms with E-state index in [0.717, 1.165) is 0 Å². The highest BCUT2D eigenvalue weighted by molar-refractivity contribution is 5.82. The second-order valence-electron chi connectivity index (χ2n) is 7.65. The van der Waals surface area contributed by atoms with E-state index in [1.54, 1.807) is 20.8 Å². The van der Waals surface area contributed by atoms with E-state index in [4.69, 9.17) is 14.2 Å². The zero-order valence-electron chi connectivity index (χ0n) is 18.9. The van der Waals surface area contributed by atoms with Gasteiger partial charge in [0.25, 0.3) is 10.2 Å². The van der Waals surface area contributed by atoms with Crippen LogP contribution in [0.15, 0.2) is 0 Å². The Morgan fingerprint density at radius 1 is 0.848 bits per heavy atom. The van der Waals surface area contributed by atoms with Crippen LogP contribution in [-0.4, -0.2) is 66.3 Å². The Bertz CT molecular complexity index is 650. The van der Waals surface area contributed by atoms with Gasteiger partial charge in [-0.15, -0.1) is 20.2 Å². The maximum atomic E-state index is 12.3. The summed E-state index contributed by atoms with van der Waals surface area (Å²) in [4.78, 5) is 64.6. The minimum atomic E-state index is -1.18. The lowest BCUT2D eigenvalue weighted by atomic mass is 10.1. The lowest BCUT2D eigenvalue weighted by Crippen LogP contribution is -2.44. The summed E-state index contributed by atoms with van der Waals surface area (Å²) in [5.41, 5.74) is -0.812. The van der Waals surface area contributed by atoms with Crippen molar-refractivity contribution in [2.24, 2.45) is 0 Å². The van der Waals surface area contributed by atoms with E-state index >= 15 is 0 Å². The summed E-state index contributed by atoms with van der Waals surface area (Å²) >= 11 is 0. The van der Waals surface area contributed by atoms with Crippen LogP contribution in [0.25, 0.3) is 0 Å². The summed E-state index contributed by atoms with van der Waals surface area (Å²) in [5.74, 6) is -1.44. The average molecular weight is 481 g/mol. The van der Waals surface area contributed by atoms with E-state index in [9.17, 15) is 34.6 Å². The first-order valence-electron chi connectivity index (χ1n) is 10.3. The summed E-state index contributed by atoms with van der Waals surface area (Å²) in [7, 11) is 0. The minimum Gasteiger partial charge on any atom is -0.466 e. The van der Waals surface area contributed by atoms with Gasteiger partial charge in [-0.3, -0.25) is 4.79 Å². The number of esters is 2. The fourth-order valence-electron chi connectivity index (χ4n) is 2.18. The van der Waals surface area contributed by atoms with Crippen molar-refractivity contribution in [3.05, 3.63) is 20.2 Å². The van der Waals surface area contributed by atoms with Crippen molar-refractivity contribution >= 4 is 18.0 Å². The molecule has 0 fully saturated rings. The third-order valence-electron chi connectivity index (χ3n) is 3.59. The van der Waals surface area contributed by atoms with Crippen LogP contribution in [0.2, 0.25) is 0 Å². The van der Waals surface area contributed by atoms with E-state index in [2.05, 4.69) is 15.0 Å². The fraction of sp³-hybridized carbons (Fsp3) is 0.833. The van der Waals surface area contributed by atoms with E-state index in [0.29, 0.717) is 19.3 Å². The zero-order chi connectivity index (χ0) is 25.3. The molecule has 1 amide bonds. The van der Waals surface area contributed by atoms with Crippen LogP contribution in [-0.2, 0) is 33.5 Å². The van der Waals surface area contributed by atoms with Crippen LogP contribution in [0.4, 0.5) is 4.79 Å². The van der Waals surface area contributed by atoms with E-state index in [-0.39, 0.29) is 45.7 Å². The maximum absolute atomic E-state index is 12.3. The predicted molar refractivity (Wildman–Crippen MR) is 109 cm³/mol. The highest BCUT2D eigenvalue weighted by atomic mass is 17.0. The molecule has 15 nitrogen and oxygen atoms in total. The molecule has 0 aliphatic rings. The number of amides is 1. The van der Waals surface area contributed by atoms with E-state index in [1.807, 2.05) is 0 Å². The van der Waals surface area contributed by atoms with Crippen LogP contribution in [0.1, 0.15) is 59.3 Å². The first-order chi connectivity index (χ1) is 15.4. The molecule has 0 saturated carbocycles. The summed E-state index contributed by atoms with van der Waals surface area (Å²) in [6.45, 7) is 4.61. The van der Waals surface area contributed by atoms with E-state index < -0.39 is 39.8 Å². The smallest absolute Gasteiger partial charge is 0.408 e. The van der Waals surface area contributed by atoms with Gasteiger partial charge in [0.1, 0.15) is 11.6 Å². The van der Waals surface area contributed by atoms with Gasteiger partial charge in [0.2, 0.25) is 0 Å². The van der Waals surface area contributed by atoms with Gasteiger partial charge in [-0.1, -0.05) is 0 Å². The number of hydrogen-bond donors (Lipinski definition) is 1. The van der Waals surface area contributed by atoms with Crippen molar-refractivity contribution in [1.29, 1.82) is 0 Å². The Morgan fingerprint density at radius 2 is 1.33 bits per heavy atom. The molecule has 15 heteroatoms. The summed E-state index contributed by atoms with van der Waals surface area (Å²) in [5, 5.41) is 20.6. The maximum Gasteiger partial charge on any atom is 0.408 e. The molecule has 0 aliphatic carbocycles. The van der Waals surface area contributed by atoms with Crippen LogP contribution in [0.3, 0.4) is 0 Å². The molecular formula is C18H31N3O12. The molecule has 0 radical (unpaired) electrons. The molecule has 0 saturated heterocycles. The molecule has 0 bridgehead atoms. The topological polar surface area (TPSA) is 196 Å². The van der Waals surface area contributed by atoms with Crippen molar-refractivity contribution < 1.29 is 48.4 Å². The number of nitrogens with zero attached hydrogens (tertiary/aromatic N) is 2. The van der Waals surface area contributed by atoms with Gasteiger partial charge in [0, 0.05) is 6.42 Å². The second kappa shape index (κ2) is 16.3. The molecule has 0 rings (SSSR count). The van der Waals surface area contributed by atoms with Crippen molar-refractivity contribution in [3.63, 3.8) is 0 Å². The lowest BCUT2D eigenvalue weighted by molar-refractivity contribution is -0.757. The average Bonchev–Trinajstić information content (AvgIpc) is 2.68. The number of carbonyl (C=O) groups excluding carboxylic acids is 3. The molecule has 0 aromatic carbocycles. The molecule has 0 aliphatic heterocycles. The Kier molecular flexibility index (Phi) is 14.6. The summed E-state index contributed by atoms with van der Waals surface area (Å²) in [6, 6.07) is -1.18. The minimum absolute atomic E-state index is 0.0146. The largest absolute Gasteiger partial charge is 0.466 e. The molecule has 1 atom stereocenters. The number of nitrogens with one attached hydrogen (secondary N) is 1. The standard InChI is InChI=1S/C18H31N3O12/c1-18(2,3)33-17(24)19-14(16(23)30-11-5-7-13-32-21(27)28)8-9-15(22)29-10-4-6-12-31-20(25)26/h14H,4-13H2,1-3H3,(H,19,24). The summed E-state index contributed by atoms with van der Waals surface area (Å²) in [6.07, 6.45) is 0.0298. The van der Waals surface area contributed by atoms with Crippen LogP contribution in [0.5, 0.6) is 0 Å². The quantitative estimate of drug-likeness (QED) is 0.104. The first kappa shape index (κ1) is 29.6. The molecule has 0 spiro atoms. The number of rotatable bonds is 17. The SMILES string of the molecule is CC(C)(C)OC(=O)NC(CCC(=O)OCCCCO[N+](=O)[O-])C(=O)OCCCCO[N+](=O)[O-]. The first-order valence-corrected chi connectivity index (χ1v) is 10.3. The number of hydrogen-bond acceptors (Lipinski definition) is 12. The molecular weight excluding hydrogens is 450 g/mol. The molecule has 1 N–H and O–H groups in total. The normalized spacial score (nSPS) is 11.6. The fourth-order valence-corrected chi connectivity index (χ4v) is 2.18. The number of alkyl carbamates (subject to hydrolysis) is 1. The van der Waals surface area contributed by atoms with Gasteiger partial charge in [-0.2, -0.15) is 0 Å². The van der Waals surface area contributed by atoms with Crippen molar-refractivity contribution in [2.45, 2.75) is 70.9 Å². The van der Waals surface area contributed by atoms with Gasteiger partial charge in [0.15, 0.2) is 0 Å². The number of ether oxygens (including phenoxy) is 3. The van der Waals surface area contributed by atoms with Gasteiger partial charge >= 0.3 is 18.0 Å². The highest BCUT2D eigenvalue weighted by Gasteiger charge is 2.26. The lowest BCUT2D eigenvalue weighted by Gasteiger charge is -2.23. The van der Waals surface area contributed by atoms with Crippen LogP contribution < -0.4 is 5.32 Å². The third kappa shape index (κ3) is 19.1. The Hall–Kier alpha value is -3.39. The Balaban J connectivity index is 4.50. The van der Waals surface area contributed by atoms with Gasteiger partial charge in [0.05, 0.1) is 26.4 Å². The van der Waals surface area contributed by atoms with Crippen molar-refractivity contribution in [3.8, 4) is 0 Å². The zero-order valence-corrected chi connectivity index (χ0v) is 18.9. The van der Waals surface area contributed by atoms with Crippen molar-refractivity contribution in [2.75, 3.05) is 26.4 Å². The number of unbranched alkanes of at least 4 members (excludes halogenated alkanes) is 2. The molecule has 0 heterocycles. The predicted octanol–water partition coefficient (Wildman–Crippen LogP) is 1.72. The van der Waals surface area contributed by atoms with E-state index in [1.165, 1.54) is 0 Å². The van der Waals surface area contributed by atoms with Crippen LogP contribution in [0, 0.1) is 20.2 Å². The van der Waals surface area contributed by atoms with Gasteiger partial charge < -0.3 is 29.2 Å². The molecule has 190 valence electrons. The van der Waals surface area contributed by atoms with Gasteiger partial charge in [-0.25, -0.2) is 9.59 Å². The monoisotopic (exact) mass is 481 g/mol. The molecule has 0 aromatic rings.